The lowest BCUT2D eigenvalue weighted by atomic mass is 10.2. The Morgan fingerprint density at radius 2 is 1.79 bits per heavy atom. The highest BCUT2D eigenvalue weighted by Gasteiger charge is 2.37. The van der Waals surface area contributed by atoms with Gasteiger partial charge in [0.05, 0.1) is 4.91 Å². The van der Waals surface area contributed by atoms with E-state index in [1.807, 2.05) is 0 Å². The zero-order chi connectivity index (χ0) is 20.5. The molecule has 2 aliphatic heterocycles. The number of likely N-dealkylation sites (tertiary alicyclic amines) is 1. The molecule has 0 saturated carbocycles. The van der Waals surface area contributed by atoms with Gasteiger partial charge in [-0.25, -0.2) is 0 Å². The molecule has 2 saturated heterocycles. The van der Waals surface area contributed by atoms with E-state index in [4.69, 9.17) is 27.6 Å². The van der Waals surface area contributed by atoms with Crippen molar-refractivity contribution in [1.82, 2.24) is 9.80 Å². The van der Waals surface area contributed by atoms with Crippen molar-refractivity contribution >= 4 is 58.1 Å². The number of hydrogen-bond donors (Lipinski definition) is 0. The van der Waals surface area contributed by atoms with Crippen LogP contribution in [0.1, 0.15) is 18.6 Å². The van der Waals surface area contributed by atoms with Crippen LogP contribution in [0.2, 0.25) is 10.0 Å². The van der Waals surface area contributed by atoms with Crippen LogP contribution in [0.15, 0.2) is 39.7 Å². The van der Waals surface area contributed by atoms with Gasteiger partial charge >= 0.3 is 0 Å². The summed E-state index contributed by atoms with van der Waals surface area (Å²) in [7, 11) is 0. The number of imide groups is 1. The van der Waals surface area contributed by atoms with Gasteiger partial charge in [-0.2, -0.15) is 0 Å². The van der Waals surface area contributed by atoms with Crippen LogP contribution in [0, 0.1) is 0 Å². The van der Waals surface area contributed by atoms with Gasteiger partial charge in [-0.3, -0.25) is 19.3 Å². The van der Waals surface area contributed by atoms with Gasteiger partial charge < -0.3 is 9.32 Å². The second kappa shape index (κ2) is 8.26. The van der Waals surface area contributed by atoms with E-state index < -0.39 is 11.1 Å². The molecule has 6 nitrogen and oxygen atoms in total. The molecule has 2 aliphatic rings. The number of nitrogens with zero attached hydrogens (tertiary/aromatic N) is 2. The van der Waals surface area contributed by atoms with Crippen molar-refractivity contribution in [2.24, 2.45) is 0 Å². The summed E-state index contributed by atoms with van der Waals surface area (Å²) in [5.41, 5.74) is 0.700. The Morgan fingerprint density at radius 1 is 1.10 bits per heavy atom. The molecule has 0 aliphatic carbocycles. The topological polar surface area (TPSA) is 70.8 Å². The second-order valence-electron chi connectivity index (χ2n) is 6.72. The quantitative estimate of drug-likeness (QED) is 0.618. The van der Waals surface area contributed by atoms with Gasteiger partial charge in [0, 0.05) is 34.8 Å². The van der Waals surface area contributed by atoms with Gasteiger partial charge in [-0.15, -0.1) is 0 Å². The van der Waals surface area contributed by atoms with Crippen LogP contribution >= 0.6 is 35.0 Å². The summed E-state index contributed by atoms with van der Waals surface area (Å²) in [6.07, 6.45) is 3.40. The average molecular weight is 451 g/mol. The molecule has 3 heterocycles. The van der Waals surface area contributed by atoms with E-state index in [1.165, 1.54) is 6.08 Å². The molecule has 0 bridgehead atoms. The molecule has 0 spiro atoms. The molecular weight excluding hydrogens is 435 g/mol. The molecule has 0 N–H and O–H groups in total. The van der Waals surface area contributed by atoms with Crippen molar-refractivity contribution < 1.29 is 18.8 Å². The Bertz CT molecular complexity index is 1010. The SMILES string of the molecule is O=C(CN1C(=O)S/C(=C\c2ccc(-c3cc(Cl)cc(Cl)c3)o2)C1=O)N1CCCC1. The Hall–Kier alpha value is -2.22. The molecule has 1 aromatic heterocycles. The number of carbonyl (C=O) groups excluding carboxylic acids is 3. The Morgan fingerprint density at radius 3 is 2.48 bits per heavy atom. The van der Waals surface area contributed by atoms with Crippen LogP contribution in [-0.2, 0) is 9.59 Å². The average Bonchev–Trinajstić information content (AvgIpc) is 3.40. The summed E-state index contributed by atoms with van der Waals surface area (Å²) < 4.78 is 5.76. The molecule has 0 unspecified atom stereocenters. The fourth-order valence-electron chi connectivity index (χ4n) is 3.25. The Balaban J connectivity index is 1.50. The van der Waals surface area contributed by atoms with Crippen LogP contribution < -0.4 is 0 Å². The fourth-order valence-corrected chi connectivity index (χ4v) is 4.59. The van der Waals surface area contributed by atoms with Gasteiger partial charge in [0.2, 0.25) is 5.91 Å². The second-order valence-corrected chi connectivity index (χ2v) is 8.58. The van der Waals surface area contributed by atoms with E-state index in [0.717, 1.165) is 29.5 Å². The minimum Gasteiger partial charge on any atom is -0.457 e. The zero-order valence-electron chi connectivity index (χ0n) is 15.2. The number of amides is 3. The predicted octanol–water partition coefficient (Wildman–Crippen LogP) is 4.91. The predicted molar refractivity (Wildman–Crippen MR) is 113 cm³/mol. The highest BCUT2D eigenvalue weighted by Crippen LogP contribution is 2.34. The normalized spacial score (nSPS) is 18.3. The van der Waals surface area contributed by atoms with E-state index in [9.17, 15) is 14.4 Å². The summed E-state index contributed by atoms with van der Waals surface area (Å²) in [4.78, 5) is 40.0. The molecule has 150 valence electrons. The van der Waals surface area contributed by atoms with Crippen LogP contribution in [0.5, 0.6) is 0 Å². The van der Waals surface area contributed by atoms with Crippen molar-refractivity contribution in [2.45, 2.75) is 12.8 Å². The molecule has 3 amide bonds. The number of thioether (sulfide) groups is 1. The summed E-state index contributed by atoms with van der Waals surface area (Å²) >= 11 is 12.8. The van der Waals surface area contributed by atoms with Crippen LogP contribution in [0.4, 0.5) is 4.79 Å². The maximum atomic E-state index is 12.6. The largest absolute Gasteiger partial charge is 0.457 e. The van der Waals surface area contributed by atoms with E-state index in [1.54, 1.807) is 35.2 Å². The van der Waals surface area contributed by atoms with Gasteiger partial charge in [0.1, 0.15) is 18.1 Å². The maximum Gasteiger partial charge on any atom is 0.294 e. The lowest BCUT2D eigenvalue weighted by molar-refractivity contribution is -0.135. The van der Waals surface area contributed by atoms with Crippen LogP contribution in [0.3, 0.4) is 0 Å². The molecule has 1 aromatic carbocycles. The molecule has 2 fully saturated rings. The van der Waals surface area contributed by atoms with Crippen molar-refractivity contribution in [3.63, 3.8) is 0 Å². The summed E-state index contributed by atoms with van der Waals surface area (Å²) in [6, 6.07) is 8.47. The third kappa shape index (κ3) is 4.37. The van der Waals surface area contributed by atoms with Gasteiger partial charge in [-0.1, -0.05) is 23.2 Å². The Kier molecular flexibility index (Phi) is 5.72. The standard InChI is InChI=1S/C20H16Cl2N2O4S/c21-13-7-12(8-14(22)9-13)16-4-3-15(28-16)10-17-19(26)24(20(27)29-17)11-18(25)23-5-1-2-6-23/h3-4,7-10H,1-2,5-6,11H2/b17-10-. The lowest BCUT2D eigenvalue weighted by Crippen LogP contribution is -2.40. The first kappa shape index (κ1) is 20.1. The number of furan rings is 1. The third-order valence-electron chi connectivity index (χ3n) is 4.67. The first-order chi connectivity index (χ1) is 13.9. The third-order valence-corrected chi connectivity index (χ3v) is 6.02. The minimum atomic E-state index is -0.490. The van der Waals surface area contributed by atoms with E-state index in [2.05, 4.69) is 0 Å². The molecule has 2 aromatic rings. The van der Waals surface area contributed by atoms with Crippen LogP contribution in [-0.4, -0.2) is 46.5 Å². The smallest absolute Gasteiger partial charge is 0.294 e. The minimum absolute atomic E-state index is 0.204. The van der Waals surface area contributed by atoms with E-state index in [0.29, 0.717) is 40.2 Å². The molecule has 0 atom stereocenters. The number of halogens is 2. The molecular formula is C20H16Cl2N2O4S. The van der Waals surface area contributed by atoms with Crippen molar-refractivity contribution in [1.29, 1.82) is 0 Å². The Labute approximate surface area is 181 Å². The highest BCUT2D eigenvalue weighted by molar-refractivity contribution is 8.18. The zero-order valence-corrected chi connectivity index (χ0v) is 17.5. The molecule has 0 radical (unpaired) electrons. The van der Waals surface area contributed by atoms with Crippen molar-refractivity contribution in [3.8, 4) is 11.3 Å². The molecule has 9 heteroatoms. The van der Waals surface area contributed by atoms with Gasteiger partial charge in [0.25, 0.3) is 11.1 Å². The maximum absolute atomic E-state index is 12.6. The van der Waals surface area contributed by atoms with Gasteiger partial charge in [-0.05, 0) is 54.9 Å². The first-order valence-corrected chi connectivity index (χ1v) is 10.6. The molecule has 29 heavy (non-hydrogen) atoms. The van der Waals surface area contributed by atoms with Crippen molar-refractivity contribution in [3.05, 3.63) is 51.0 Å². The lowest BCUT2D eigenvalue weighted by Gasteiger charge is -2.18. The van der Waals surface area contributed by atoms with E-state index in [-0.39, 0.29) is 17.4 Å². The van der Waals surface area contributed by atoms with E-state index >= 15 is 0 Å². The van der Waals surface area contributed by atoms with Crippen LogP contribution in [0.25, 0.3) is 17.4 Å². The number of benzene rings is 1. The number of hydrogen-bond acceptors (Lipinski definition) is 5. The highest BCUT2D eigenvalue weighted by atomic mass is 35.5. The number of carbonyl (C=O) groups is 3. The first-order valence-electron chi connectivity index (χ1n) is 9.00. The monoisotopic (exact) mass is 450 g/mol. The summed E-state index contributed by atoms with van der Waals surface area (Å²) in [5, 5.41) is 0.505. The number of rotatable bonds is 4. The summed E-state index contributed by atoms with van der Waals surface area (Å²) in [5.74, 6) is 0.247. The summed E-state index contributed by atoms with van der Waals surface area (Å²) in [6.45, 7) is 1.12. The molecule has 4 rings (SSSR count). The van der Waals surface area contributed by atoms with Gasteiger partial charge in [0.15, 0.2) is 0 Å². The fraction of sp³-hybridized carbons (Fsp3) is 0.250. The van der Waals surface area contributed by atoms with Crippen molar-refractivity contribution in [2.75, 3.05) is 19.6 Å².